The van der Waals surface area contributed by atoms with Gasteiger partial charge in [-0.1, -0.05) is 24.3 Å². The second kappa shape index (κ2) is 8.28. The van der Waals surface area contributed by atoms with Crippen molar-refractivity contribution in [3.63, 3.8) is 0 Å². The van der Waals surface area contributed by atoms with Crippen LogP contribution in [0.2, 0.25) is 0 Å². The monoisotopic (exact) mass is 424 g/mol. The molecule has 1 fully saturated rings. The quantitative estimate of drug-likeness (QED) is 0.618. The predicted molar refractivity (Wildman–Crippen MR) is 115 cm³/mol. The van der Waals surface area contributed by atoms with Crippen molar-refractivity contribution >= 4 is 35.0 Å². The summed E-state index contributed by atoms with van der Waals surface area (Å²) in [5.41, 5.74) is 2.56. The number of halogens is 2. The molecule has 0 saturated carbocycles. The molecule has 1 N–H and O–H groups in total. The average molecular weight is 424 g/mol. The molecule has 1 saturated heterocycles. The zero-order chi connectivity index (χ0) is 21.3. The fraction of sp³-hybridized carbons (Fsp3) is 0.130. The van der Waals surface area contributed by atoms with Crippen molar-refractivity contribution in [3.05, 3.63) is 95.1 Å². The Balaban J connectivity index is 1.62. The SMILES string of the molecule is Cc1ccc(F)c(N2C(=O)CSC2c2cccc(NC(=O)c3cccc(F)c3)c2)c1. The van der Waals surface area contributed by atoms with E-state index < -0.39 is 22.9 Å². The van der Waals surface area contributed by atoms with Gasteiger partial charge in [-0.05, 0) is 60.5 Å². The van der Waals surface area contributed by atoms with Crippen LogP contribution in [0.1, 0.15) is 26.9 Å². The lowest BCUT2D eigenvalue weighted by atomic mass is 10.1. The smallest absolute Gasteiger partial charge is 0.255 e. The zero-order valence-corrected chi connectivity index (χ0v) is 16.9. The molecule has 0 aromatic heterocycles. The number of nitrogens with zero attached hydrogens (tertiary/aromatic N) is 1. The largest absolute Gasteiger partial charge is 0.322 e. The van der Waals surface area contributed by atoms with Gasteiger partial charge in [-0.2, -0.15) is 0 Å². The number of aryl methyl sites for hydroxylation is 1. The van der Waals surface area contributed by atoms with Crippen molar-refractivity contribution in [2.75, 3.05) is 16.0 Å². The maximum atomic E-state index is 14.5. The van der Waals surface area contributed by atoms with Crippen molar-refractivity contribution in [1.29, 1.82) is 0 Å². The highest BCUT2D eigenvalue weighted by molar-refractivity contribution is 8.00. The molecule has 2 amide bonds. The summed E-state index contributed by atoms with van der Waals surface area (Å²) in [5, 5.41) is 2.33. The van der Waals surface area contributed by atoms with E-state index in [9.17, 15) is 18.4 Å². The number of carbonyl (C=O) groups excluding carboxylic acids is 2. The molecule has 3 aromatic rings. The number of thioether (sulfide) groups is 1. The number of benzene rings is 3. The number of hydrogen-bond acceptors (Lipinski definition) is 3. The summed E-state index contributed by atoms with van der Waals surface area (Å²) in [7, 11) is 0. The minimum atomic E-state index is -0.493. The number of amides is 2. The van der Waals surface area contributed by atoms with Gasteiger partial charge in [0.2, 0.25) is 5.91 Å². The highest BCUT2D eigenvalue weighted by Gasteiger charge is 2.35. The van der Waals surface area contributed by atoms with E-state index in [4.69, 9.17) is 0 Å². The highest BCUT2D eigenvalue weighted by atomic mass is 32.2. The van der Waals surface area contributed by atoms with E-state index in [1.807, 2.05) is 13.0 Å². The summed E-state index contributed by atoms with van der Waals surface area (Å²) in [5.74, 6) is -1.34. The van der Waals surface area contributed by atoms with Crippen molar-refractivity contribution in [2.45, 2.75) is 12.3 Å². The fourth-order valence-electron chi connectivity index (χ4n) is 3.34. The summed E-state index contributed by atoms with van der Waals surface area (Å²) in [6.45, 7) is 1.84. The predicted octanol–water partition coefficient (Wildman–Crippen LogP) is 5.30. The lowest BCUT2D eigenvalue weighted by Gasteiger charge is -2.25. The molecule has 1 atom stereocenters. The van der Waals surface area contributed by atoms with E-state index in [0.29, 0.717) is 5.69 Å². The summed E-state index contributed by atoms with van der Waals surface area (Å²) < 4.78 is 27.9. The van der Waals surface area contributed by atoms with Crippen LogP contribution in [0.3, 0.4) is 0 Å². The molecule has 0 aliphatic carbocycles. The third-order valence-corrected chi connectivity index (χ3v) is 5.96. The van der Waals surface area contributed by atoms with Gasteiger partial charge in [-0.25, -0.2) is 8.78 Å². The highest BCUT2D eigenvalue weighted by Crippen LogP contribution is 2.43. The summed E-state index contributed by atoms with van der Waals surface area (Å²) in [6.07, 6.45) is 0. The third-order valence-electron chi connectivity index (χ3n) is 4.75. The van der Waals surface area contributed by atoms with E-state index in [0.717, 1.165) is 17.2 Å². The Kier molecular flexibility index (Phi) is 5.55. The standard InChI is InChI=1S/C23H18F2N2O2S/c1-14-8-9-19(25)20(10-14)27-21(28)13-30-23(27)16-5-3-7-18(12-16)26-22(29)15-4-2-6-17(24)11-15/h2-12,23H,13H2,1H3,(H,26,29). The van der Waals surface area contributed by atoms with E-state index in [-0.39, 0.29) is 22.9 Å². The first-order valence-corrected chi connectivity index (χ1v) is 10.3. The van der Waals surface area contributed by atoms with Gasteiger partial charge in [0.05, 0.1) is 11.4 Å². The molecule has 7 heteroatoms. The van der Waals surface area contributed by atoms with Crippen molar-refractivity contribution in [1.82, 2.24) is 0 Å². The summed E-state index contributed by atoms with van der Waals surface area (Å²) in [6, 6.07) is 17.1. The molecule has 1 aliphatic rings. The van der Waals surface area contributed by atoms with Gasteiger partial charge in [0.15, 0.2) is 0 Å². The van der Waals surface area contributed by atoms with Crippen LogP contribution in [0, 0.1) is 18.6 Å². The van der Waals surface area contributed by atoms with E-state index >= 15 is 0 Å². The molecule has 3 aromatic carbocycles. The Hall–Kier alpha value is -3.19. The first kappa shape index (κ1) is 20.1. The van der Waals surface area contributed by atoms with Crippen LogP contribution in [0.25, 0.3) is 0 Å². The third kappa shape index (κ3) is 4.07. The maximum Gasteiger partial charge on any atom is 0.255 e. The number of rotatable bonds is 4. The Labute approximate surface area is 176 Å². The number of nitrogens with one attached hydrogen (secondary N) is 1. The molecule has 0 radical (unpaired) electrons. The molecular formula is C23H18F2N2O2S. The van der Waals surface area contributed by atoms with Gasteiger partial charge in [-0.3, -0.25) is 14.5 Å². The van der Waals surface area contributed by atoms with Crippen LogP contribution in [-0.4, -0.2) is 17.6 Å². The number of carbonyl (C=O) groups is 2. The molecule has 152 valence electrons. The first-order valence-electron chi connectivity index (χ1n) is 9.29. The van der Waals surface area contributed by atoms with Gasteiger partial charge in [0.1, 0.15) is 17.0 Å². The topological polar surface area (TPSA) is 49.4 Å². The molecule has 0 bridgehead atoms. The Morgan fingerprint density at radius 1 is 1.07 bits per heavy atom. The van der Waals surface area contributed by atoms with E-state index in [1.165, 1.54) is 40.9 Å². The minimum absolute atomic E-state index is 0.177. The first-order chi connectivity index (χ1) is 14.4. The Bertz CT molecular complexity index is 1140. The molecule has 1 unspecified atom stereocenters. The average Bonchev–Trinajstić information content (AvgIpc) is 3.11. The van der Waals surface area contributed by atoms with Gasteiger partial charge in [0.25, 0.3) is 5.91 Å². The molecule has 30 heavy (non-hydrogen) atoms. The van der Waals surface area contributed by atoms with Gasteiger partial charge in [-0.15, -0.1) is 11.8 Å². The summed E-state index contributed by atoms with van der Waals surface area (Å²) in [4.78, 5) is 26.4. The fourth-order valence-corrected chi connectivity index (χ4v) is 4.50. The van der Waals surface area contributed by atoms with Crippen LogP contribution >= 0.6 is 11.8 Å². The molecule has 0 spiro atoms. The van der Waals surface area contributed by atoms with E-state index in [1.54, 1.807) is 30.3 Å². The Morgan fingerprint density at radius 2 is 1.87 bits per heavy atom. The van der Waals surface area contributed by atoms with Crippen LogP contribution < -0.4 is 10.2 Å². The van der Waals surface area contributed by atoms with Crippen molar-refractivity contribution in [3.8, 4) is 0 Å². The lowest BCUT2D eigenvalue weighted by Crippen LogP contribution is -2.28. The second-order valence-corrected chi connectivity index (χ2v) is 8.04. The van der Waals surface area contributed by atoms with Crippen LogP contribution in [-0.2, 0) is 4.79 Å². The molecule has 1 heterocycles. The van der Waals surface area contributed by atoms with E-state index in [2.05, 4.69) is 5.32 Å². The molecule has 4 nitrogen and oxygen atoms in total. The number of anilines is 2. The lowest BCUT2D eigenvalue weighted by molar-refractivity contribution is -0.115. The van der Waals surface area contributed by atoms with Crippen LogP contribution in [0.4, 0.5) is 20.2 Å². The van der Waals surface area contributed by atoms with Crippen molar-refractivity contribution < 1.29 is 18.4 Å². The maximum absolute atomic E-state index is 14.5. The van der Waals surface area contributed by atoms with Crippen LogP contribution in [0.15, 0.2) is 66.7 Å². The summed E-state index contributed by atoms with van der Waals surface area (Å²) >= 11 is 1.39. The molecule has 1 aliphatic heterocycles. The van der Waals surface area contributed by atoms with Gasteiger partial charge in [0, 0.05) is 11.3 Å². The number of hydrogen-bond donors (Lipinski definition) is 1. The van der Waals surface area contributed by atoms with Crippen molar-refractivity contribution in [2.24, 2.45) is 0 Å². The second-order valence-electron chi connectivity index (χ2n) is 6.97. The molecular weight excluding hydrogens is 406 g/mol. The normalized spacial score (nSPS) is 16.0. The Morgan fingerprint density at radius 3 is 2.67 bits per heavy atom. The van der Waals surface area contributed by atoms with Gasteiger partial charge < -0.3 is 5.32 Å². The minimum Gasteiger partial charge on any atom is -0.322 e. The zero-order valence-electron chi connectivity index (χ0n) is 16.1. The molecule has 4 rings (SSSR count). The van der Waals surface area contributed by atoms with Crippen LogP contribution in [0.5, 0.6) is 0 Å². The van der Waals surface area contributed by atoms with Gasteiger partial charge >= 0.3 is 0 Å².